The van der Waals surface area contributed by atoms with Gasteiger partial charge in [0.1, 0.15) is 14.3 Å². The maximum Gasteiger partial charge on any atom is 0.211 e. The molecule has 0 radical (unpaired) electrons. The van der Waals surface area contributed by atoms with Gasteiger partial charge in [-0.1, -0.05) is 102 Å². The lowest BCUT2D eigenvalue weighted by Crippen LogP contribution is -2.51. The molecular weight excluding hydrogens is 745 g/mol. The highest BCUT2D eigenvalue weighted by atomic mass is 31.2. The summed E-state index contributed by atoms with van der Waals surface area (Å²) in [5.74, 6) is 0. The second kappa shape index (κ2) is 12.6. The number of hydrogen-bond acceptors (Lipinski definition) is 4. The zero-order chi connectivity index (χ0) is 39.8. The smallest absolute Gasteiger partial charge is 0.211 e. The van der Waals surface area contributed by atoms with E-state index in [1.807, 2.05) is 13.3 Å². The summed E-state index contributed by atoms with van der Waals surface area (Å²) in [5, 5.41) is 4.22. The van der Waals surface area contributed by atoms with E-state index in [1.54, 1.807) is 0 Å². The highest BCUT2D eigenvalue weighted by Crippen LogP contribution is 2.66. The predicted octanol–water partition coefficient (Wildman–Crippen LogP) is 10.4. The fourth-order valence-electron chi connectivity index (χ4n) is 9.84. The predicted molar refractivity (Wildman–Crippen MR) is 241 cm³/mol. The van der Waals surface area contributed by atoms with Crippen LogP contribution in [0.25, 0.3) is 33.4 Å². The van der Waals surface area contributed by atoms with Crippen molar-refractivity contribution in [3.05, 3.63) is 124 Å². The van der Waals surface area contributed by atoms with Crippen LogP contribution >= 0.6 is 21.6 Å². The molecule has 5 nitrogen and oxygen atoms in total. The summed E-state index contributed by atoms with van der Waals surface area (Å²) in [6.45, 7) is 21.5. The summed E-state index contributed by atoms with van der Waals surface area (Å²) in [5.41, 5.74) is 14.8. The highest BCUT2D eigenvalue weighted by Gasteiger charge is 2.55. The van der Waals surface area contributed by atoms with Crippen LogP contribution in [-0.4, -0.2) is 31.1 Å². The van der Waals surface area contributed by atoms with Crippen LogP contribution in [0.1, 0.15) is 47.2 Å². The van der Waals surface area contributed by atoms with E-state index >= 15 is 13.7 Å². The quantitative estimate of drug-likeness (QED) is 0.157. The molecule has 0 N–H and O–H groups in total. The molecule has 0 saturated heterocycles. The lowest BCUT2D eigenvalue weighted by atomic mass is 9.98. The average Bonchev–Trinajstić information content (AvgIpc) is 3.12. The molecule has 8 heteroatoms. The molecule has 0 bridgehead atoms. The average molecular weight is 795 g/mol. The van der Waals surface area contributed by atoms with Crippen LogP contribution in [0.2, 0.25) is 0 Å². The fraction of sp³-hybridized carbons (Fsp3) is 0.250. The van der Waals surface area contributed by atoms with Crippen molar-refractivity contribution >= 4 is 70.5 Å². The van der Waals surface area contributed by atoms with Gasteiger partial charge in [0, 0.05) is 34.3 Å². The summed E-state index contributed by atoms with van der Waals surface area (Å²) in [6, 6.07) is 32.1. The van der Waals surface area contributed by atoms with E-state index in [4.69, 9.17) is 0 Å². The second-order valence-corrected chi connectivity index (χ2v) is 24.9. The van der Waals surface area contributed by atoms with Crippen molar-refractivity contribution in [1.82, 2.24) is 4.67 Å². The summed E-state index contributed by atoms with van der Waals surface area (Å²) >= 11 is 0. The van der Waals surface area contributed by atoms with Gasteiger partial charge in [-0.25, -0.2) is 4.67 Å². The monoisotopic (exact) mass is 794 g/mol. The topological polar surface area (TPSA) is 57.7 Å². The molecular formula is C48H49N2O3P3. The molecule has 3 aliphatic rings. The third-order valence-electron chi connectivity index (χ3n) is 12.2. The summed E-state index contributed by atoms with van der Waals surface area (Å²) < 4.78 is 51.0. The van der Waals surface area contributed by atoms with E-state index in [1.165, 1.54) is 0 Å². The van der Waals surface area contributed by atoms with Crippen LogP contribution in [0, 0.1) is 41.5 Å². The molecule has 6 aromatic rings. The maximum atomic E-state index is 16.8. The van der Waals surface area contributed by atoms with Crippen molar-refractivity contribution in [3.8, 4) is 33.4 Å². The normalized spacial score (nSPS) is 21.4. The molecule has 56 heavy (non-hydrogen) atoms. The Labute approximate surface area is 332 Å². The first-order valence-electron chi connectivity index (χ1n) is 19.6. The standard InChI is InChI=1S/C48H49N2O3P3/c1-11-49(12-2)56(53)44-26-38(35-18-30(5)14-31(6)19-35)24-42-47(44)50-46-40(54(42,9)51)22-37(34-16-28(3)13-29(4)17-34)23-41(46)55(10,52)43-25-39(27-45(56)48(43)50)36-20-32(7)15-33(8)21-36/h13-27H,11-12H2,1-10H3. The van der Waals surface area contributed by atoms with E-state index in [0.29, 0.717) is 44.9 Å². The first-order valence-corrected chi connectivity index (χ1v) is 25.6. The van der Waals surface area contributed by atoms with Gasteiger partial charge in [-0.2, -0.15) is 0 Å². The van der Waals surface area contributed by atoms with Gasteiger partial charge in [0.05, 0.1) is 27.7 Å². The molecule has 3 aliphatic heterocycles. The molecule has 0 saturated carbocycles. The Balaban J connectivity index is 1.49. The van der Waals surface area contributed by atoms with E-state index in [9.17, 15) is 0 Å². The SMILES string of the molecule is CCN(CC)P1(=O)c2cc(-c3cc(C)cc(C)c3)cc3c2N2c4c(cc(-c5cc(C)cc(C)c5)cc4P(C)(=O)c4cc(-c5cc(C)cc(C)c5)cc1c42)P3(C)=O. The lowest BCUT2D eigenvalue weighted by molar-refractivity contribution is 0.458. The zero-order valence-electron chi connectivity index (χ0n) is 34.0. The summed E-state index contributed by atoms with van der Waals surface area (Å²) in [7, 11) is -10.4. The maximum absolute atomic E-state index is 16.8. The lowest BCUT2D eigenvalue weighted by Gasteiger charge is -2.50. The molecule has 6 aromatic carbocycles. The molecule has 2 unspecified atom stereocenters. The van der Waals surface area contributed by atoms with Gasteiger partial charge in [0.2, 0.25) is 7.29 Å². The van der Waals surface area contributed by atoms with Gasteiger partial charge in [-0.15, -0.1) is 0 Å². The molecule has 3 heterocycles. The van der Waals surface area contributed by atoms with E-state index < -0.39 is 21.6 Å². The number of nitrogens with zero attached hydrogens (tertiary/aromatic N) is 2. The van der Waals surface area contributed by atoms with Crippen molar-refractivity contribution in [2.24, 2.45) is 0 Å². The van der Waals surface area contributed by atoms with Crippen LogP contribution in [0.5, 0.6) is 0 Å². The third-order valence-corrected chi connectivity index (χ3v) is 20.6. The summed E-state index contributed by atoms with van der Waals surface area (Å²) in [6.07, 6.45) is 0. The van der Waals surface area contributed by atoms with Gasteiger partial charge in [-0.05, 0) is 125 Å². The molecule has 0 fully saturated rings. The van der Waals surface area contributed by atoms with Gasteiger partial charge in [-0.3, -0.25) is 4.57 Å². The molecule has 0 aliphatic carbocycles. The highest BCUT2D eigenvalue weighted by molar-refractivity contribution is 7.82. The Morgan fingerprint density at radius 3 is 0.893 bits per heavy atom. The largest absolute Gasteiger partial charge is 0.314 e. The van der Waals surface area contributed by atoms with Crippen LogP contribution in [0.4, 0.5) is 17.1 Å². The number of anilines is 3. The molecule has 2 atom stereocenters. The van der Waals surface area contributed by atoms with Crippen molar-refractivity contribution in [2.75, 3.05) is 31.3 Å². The van der Waals surface area contributed by atoms with Gasteiger partial charge in [0.15, 0.2) is 0 Å². The van der Waals surface area contributed by atoms with Crippen LogP contribution in [0.3, 0.4) is 0 Å². The first kappa shape index (κ1) is 37.4. The Kier molecular flexibility index (Phi) is 8.43. The minimum absolute atomic E-state index is 0.549. The van der Waals surface area contributed by atoms with Crippen molar-refractivity contribution in [1.29, 1.82) is 0 Å². The Bertz CT molecular complexity index is 2670. The van der Waals surface area contributed by atoms with Crippen LogP contribution in [0.15, 0.2) is 91.0 Å². The van der Waals surface area contributed by atoms with Gasteiger partial charge >= 0.3 is 0 Å². The fourth-order valence-corrected chi connectivity index (χ4v) is 18.0. The minimum Gasteiger partial charge on any atom is -0.314 e. The van der Waals surface area contributed by atoms with Crippen LogP contribution in [-0.2, 0) is 13.7 Å². The van der Waals surface area contributed by atoms with Gasteiger partial charge < -0.3 is 14.0 Å². The van der Waals surface area contributed by atoms with Crippen LogP contribution < -0.4 is 36.7 Å². The van der Waals surface area contributed by atoms with Crippen molar-refractivity contribution in [2.45, 2.75) is 55.4 Å². The Hall–Kier alpha value is -4.23. The minimum atomic E-state index is -3.63. The molecule has 0 aromatic heterocycles. The molecule has 9 rings (SSSR count). The molecule has 0 spiro atoms. The Morgan fingerprint density at radius 2 is 0.625 bits per heavy atom. The third kappa shape index (κ3) is 5.28. The molecule has 0 amide bonds. The number of rotatable bonds is 6. The Morgan fingerprint density at radius 1 is 0.393 bits per heavy atom. The van der Waals surface area contributed by atoms with E-state index in [2.05, 4.69) is 156 Å². The summed E-state index contributed by atoms with van der Waals surface area (Å²) in [4.78, 5) is 2.22. The van der Waals surface area contributed by atoms with Crippen molar-refractivity contribution < 1.29 is 13.7 Å². The van der Waals surface area contributed by atoms with Gasteiger partial charge in [0.25, 0.3) is 0 Å². The van der Waals surface area contributed by atoms with E-state index in [-0.39, 0.29) is 0 Å². The number of hydrogen-bond donors (Lipinski definition) is 0. The second-order valence-electron chi connectivity index (χ2n) is 16.6. The molecule has 284 valence electrons. The zero-order valence-corrected chi connectivity index (χ0v) is 36.7. The number of benzene rings is 6. The van der Waals surface area contributed by atoms with E-state index in [0.717, 1.165) is 83.8 Å². The first-order chi connectivity index (χ1) is 26.5. The van der Waals surface area contributed by atoms with Crippen molar-refractivity contribution in [3.63, 3.8) is 0 Å². The number of aryl methyl sites for hydroxylation is 6.